The molecule has 0 aromatic heterocycles. The topological polar surface area (TPSA) is 32.7 Å². The van der Waals surface area contributed by atoms with Crippen LogP contribution in [0.5, 0.6) is 5.75 Å². The summed E-state index contributed by atoms with van der Waals surface area (Å²) in [6.07, 6.45) is -2.71. The lowest BCUT2D eigenvalue weighted by molar-refractivity contribution is -0.305. The summed E-state index contributed by atoms with van der Waals surface area (Å²) in [7, 11) is 0. The molecule has 0 aliphatic rings. The molecule has 0 radical (unpaired) electrons. The van der Waals surface area contributed by atoms with E-state index >= 15 is 0 Å². The average molecular weight is 335 g/mol. The van der Waals surface area contributed by atoms with E-state index < -0.39 is 60.0 Å². The standard InChI is InChI=1S/C12H12F7NO2/c1-3-5(21)12(18,19)20(4-2)22-11-9(16)7(14)6(13)8(15)10(11)17/h5,21H,3-4H2,1-2H3. The fourth-order valence-corrected chi connectivity index (χ4v) is 1.52. The van der Waals surface area contributed by atoms with Gasteiger partial charge in [-0.15, -0.1) is 0 Å². The molecular formula is C12H12F7NO2. The summed E-state index contributed by atoms with van der Waals surface area (Å²) in [5.41, 5.74) is 0. The number of halogens is 7. The molecule has 0 fully saturated rings. The van der Waals surface area contributed by atoms with Crippen LogP contribution in [0, 0.1) is 29.1 Å². The van der Waals surface area contributed by atoms with Crippen LogP contribution in [0.4, 0.5) is 30.7 Å². The fourth-order valence-electron chi connectivity index (χ4n) is 1.52. The molecule has 3 nitrogen and oxygen atoms in total. The fraction of sp³-hybridized carbons (Fsp3) is 0.500. The van der Waals surface area contributed by atoms with Crippen molar-refractivity contribution in [2.24, 2.45) is 0 Å². The van der Waals surface area contributed by atoms with Gasteiger partial charge in [0.15, 0.2) is 0 Å². The normalized spacial score (nSPS) is 13.6. The molecule has 22 heavy (non-hydrogen) atoms. The second-order valence-electron chi connectivity index (χ2n) is 4.20. The number of alkyl halides is 2. The van der Waals surface area contributed by atoms with Crippen LogP contribution in [0.3, 0.4) is 0 Å². The van der Waals surface area contributed by atoms with E-state index in [4.69, 9.17) is 0 Å². The van der Waals surface area contributed by atoms with E-state index in [0.29, 0.717) is 0 Å². The number of aliphatic hydroxyl groups excluding tert-OH is 1. The van der Waals surface area contributed by atoms with Crippen LogP contribution < -0.4 is 4.84 Å². The van der Waals surface area contributed by atoms with Crippen LogP contribution in [0.25, 0.3) is 0 Å². The molecule has 0 spiro atoms. The van der Waals surface area contributed by atoms with E-state index in [0.717, 1.165) is 6.92 Å². The van der Waals surface area contributed by atoms with Crippen molar-refractivity contribution in [1.82, 2.24) is 5.06 Å². The highest BCUT2D eigenvalue weighted by atomic mass is 19.3. The molecule has 0 saturated carbocycles. The van der Waals surface area contributed by atoms with Gasteiger partial charge in [0.2, 0.25) is 34.8 Å². The predicted molar refractivity (Wildman–Crippen MR) is 60.5 cm³/mol. The lowest BCUT2D eigenvalue weighted by Crippen LogP contribution is -2.51. The van der Waals surface area contributed by atoms with E-state index in [2.05, 4.69) is 4.84 Å². The SMILES string of the molecule is CCC(O)C(F)(F)N(CC)Oc1c(F)c(F)c(F)c(F)c1F. The first-order valence-electron chi connectivity index (χ1n) is 6.12. The van der Waals surface area contributed by atoms with Crippen LogP contribution in [-0.4, -0.2) is 28.9 Å². The molecule has 1 unspecified atom stereocenters. The zero-order chi connectivity index (χ0) is 17.2. The van der Waals surface area contributed by atoms with Crippen molar-refractivity contribution in [1.29, 1.82) is 0 Å². The molecule has 0 aliphatic carbocycles. The Morgan fingerprint density at radius 2 is 1.36 bits per heavy atom. The lowest BCUT2D eigenvalue weighted by atomic mass is 10.2. The maximum Gasteiger partial charge on any atom is 0.359 e. The van der Waals surface area contributed by atoms with Gasteiger partial charge in [-0.25, -0.2) is 13.2 Å². The first kappa shape index (κ1) is 18.5. The summed E-state index contributed by atoms with van der Waals surface area (Å²) in [6.45, 7) is 1.57. The summed E-state index contributed by atoms with van der Waals surface area (Å²) in [5, 5.41) is 8.83. The Morgan fingerprint density at radius 1 is 0.955 bits per heavy atom. The molecule has 1 rings (SSSR count). The predicted octanol–water partition coefficient (Wildman–Crippen LogP) is 3.36. The van der Waals surface area contributed by atoms with Crippen molar-refractivity contribution in [3.63, 3.8) is 0 Å². The Morgan fingerprint density at radius 3 is 1.73 bits per heavy atom. The first-order valence-corrected chi connectivity index (χ1v) is 6.12. The number of benzene rings is 1. The first-order chi connectivity index (χ1) is 10.1. The summed E-state index contributed by atoms with van der Waals surface area (Å²) in [5.74, 6) is -13.8. The zero-order valence-electron chi connectivity index (χ0n) is 11.4. The Balaban J connectivity index is 3.28. The van der Waals surface area contributed by atoms with Gasteiger partial charge < -0.3 is 9.94 Å². The molecule has 0 amide bonds. The van der Waals surface area contributed by atoms with Gasteiger partial charge in [-0.1, -0.05) is 12.0 Å². The minimum atomic E-state index is -4.11. The molecule has 1 N–H and O–H groups in total. The summed E-state index contributed by atoms with van der Waals surface area (Å²) < 4.78 is 93.1. The third-order valence-electron chi connectivity index (χ3n) is 2.78. The van der Waals surface area contributed by atoms with Crippen molar-refractivity contribution in [2.75, 3.05) is 6.54 Å². The van der Waals surface area contributed by atoms with E-state index in [-0.39, 0.29) is 5.06 Å². The monoisotopic (exact) mass is 335 g/mol. The van der Waals surface area contributed by atoms with Gasteiger partial charge in [-0.05, 0) is 13.3 Å². The molecule has 126 valence electrons. The number of nitrogens with zero attached hydrogens (tertiary/aromatic N) is 1. The van der Waals surface area contributed by atoms with Gasteiger partial charge in [0.05, 0.1) is 0 Å². The third-order valence-corrected chi connectivity index (χ3v) is 2.78. The molecule has 1 aromatic rings. The van der Waals surface area contributed by atoms with Gasteiger partial charge in [0.1, 0.15) is 6.10 Å². The van der Waals surface area contributed by atoms with Gasteiger partial charge in [-0.3, -0.25) is 0 Å². The number of hydrogen-bond acceptors (Lipinski definition) is 3. The molecule has 0 heterocycles. The number of hydroxylamine groups is 2. The lowest BCUT2D eigenvalue weighted by Gasteiger charge is -2.32. The zero-order valence-corrected chi connectivity index (χ0v) is 11.4. The number of hydrogen-bond donors (Lipinski definition) is 1. The maximum atomic E-state index is 13.8. The van der Waals surface area contributed by atoms with Crippen molar-refractivity contribution in [3.05, 3.63) is 29.1 Å². The summed E-state index contributed by atoms with van der Waals surface area (Å²) in [4.78, 5) is 4.16. The van der Waals surface area contributed by atoms with Gasteiger partial charge >= 0.3 is 6.05 Å². The van der Waals surface area contributed by atoms with E-state index in [1.807, 2.05) is 0 Å². The van der Waals surface area contributed by atoms with E-state index in [9.17, 15) is 35.8 Å². The number of aliphatic hydroxyl groups is 1. The molecule has 0 aliphatic heterocycles. The molecule has 10 heteroatoms. The van der Waals surface area contributed by atoms with Gasteiger partial charge in [0.25, 0.3) is 0 Å². The van der Waals surface area contributed by atoms with Crippen LogP contribution in [0.15, 0.2) is 0 Å². The molecule has 0 saturated heterocycles. The Bertz CT molecular complexity index is 524. The van der Waals surface area contributed by atoms with Gasteiger partial charge in [-0.2, -0.15) is 17.6 Å². The van der Waals surface area contributed by atoms with Gasteiger partial charge in [0, 0.05) is 6.54 Å². The van der Waals surface area contributed by atoms with Crippen LogP contribution in [0.2, 0.25) is 0 Å². The second kappa shape index (κ2) is 6.69. The minimum absolute atomic E-state index is 0.362. The highest BCUT2D eigenvalue weighted by Gasteiger charge is 2.46. The molecular weight excluding hydrogens is 323 g/mol. The average Bonchev–Trinajstić information content (AvgIpc) is 2.50. The Kier molecular flexibility index (Phi) is 5.63. The molecule has 0 bridgehead atoms. The highest BCUT2D eigenvalue weighted by Crippen LogP contribution is 2.33. The van der Waals surface area contributed by atoms with E-state index in [1.165, 1.54) is 6.92 Å². The summed E-state index contributed by atoms with van der Waals surface area (Å²) >= 11 is 0. The van der Waals surface area contributed by atoms with Crippen LogP contribution in [0.1, 0.15) is 20.3 Å². The molecule has 1 aromatic carbocycles. The van der Waals surface area contributed by atoms with Crippen molar-refractivity contribution in [3.8, 4) is 5.75 Å². The van der Waals surface area contributed by atoms with Crippen LogP contribution in [-0.2, 0) is 0 Å². The van der Waals surface area contributed by atoms with Crippen molar-refractivity contribution < 1.29 is 40.7 Å². The third kappa shape index (κ3) is 3.12. The Hall–Kier alpha value is -1.55. The van der Waals surface area contributed by atoms with E-state index in [1.54, 1.807) is 0 Å². The number of likely N-dealkylation sites (N-methyl/N-ethyl adjacent to an activating group) is 1. The number of rotatable bonds is 6. The molecule has 1 atom stereocenters. The smallest absolute Gasteiger partial charge is 0.359 e. The quantitative estimate of drug-likeness (QED) is 0.284. The Labute approximate surface area is 120 Å². The maximum absolute atomic E-state index is 13.8. The second-order valence-corrected chi connectivity index (χ2v) is 4.20. The van der Waals surface area contributed by atoms with Crippen molar-refractivity contribution in [2.45, 2.75) is 32.4 Å². The highest BCUT2D eigenvalue weighted by molar-refractivity contribution is 5.29. The van der Waals surface area contributed by atoms with Crippen molar-refractivity contribution >= 4 is 0 Å². The minimum Gasteiger partial charge on any atom is -0.394 e. The summed E-state index contributed by atoms with van der Waals surface area (Å²) in [6, 6.07) is -4.11. The largest absolute Gasteiger partial charge is 0.394 e. The van der Waals surface area contributed by atoms with Crippen LogP contribution >= 0.6 is 0 Å².